The minimum absolute atomic E-state index is 0.234. The van der Waals surface area contributed by atoms with Crippen LogP contribution < -0.4 is 4.74 Å². The van der Waals surface area contributed by atoms with E-state index in [1.54, 1.807) is 26.3 Å². The van der Waals surface area contributed by atoms with Gasteiger partial charge < -0.3 is 9.64 Å². The largest absolute Gasteiger partial charge is 0.496 e. The van der Waals surface area contributed by atoms with Gasteiger partial charge in [-0.1, -0.05) is 18.2 Å². The number of imide groups is 1. The summed E-state index contributed by atoms with van der Waals surface area (Å²) >= 11 is 0. The molecule has 5 nitrogen and oxygen atoms in total. The molecule has 0 aromatic heterocycles. The van der Waals surface area contributed by atoms with Crippen molar-refractivity contribution >= 4 is 11.9 Å². The van der Waals surface area contributed by atoms with E-state index in [4.69, 9.17) is 4.74 Å². The van der Waals surface area contributed by atoms with Crippen molar-refractivity contribution in [1.82, 2.24) is 9.80 Å². The number of para-hydroxylation sites is 1. The van der Waals surface area contributed by atoms with Gasteiger partial charge >= 0.3 is 6.03 Å². The number of nitrogens with zero attached hydrogens (tertiary/aromatic N) is 2. The zero-order valence-corrected chi connectivity index (χ0v) is 10.0. The summed E-state index contributed by atoms with van der Waals surface area (Å²) in [5.41, 5.74) is 0.709. The maximum atomic E-state index is 12.0. The van der Waals surface area contributed by atoms with E-state index in [1.807, 2.05) is 12.1 Å². The number of hydrogen-bond acceptors (Lipinski definition) is 3. The lowest BCUT2D eigenvalue weighted by Gasteiger charge is -2.18. The van der Waals surface area contributed by atoms with E-state index in [9.17, 15) is 9.59 Å². The van der Waals surface area contributed by atoms with Gasteiger partial charge in [-0.15, -0.1) is 0 Å². The van der Waals surface area contributed by atoms with Crippen LogP contribution in [-0.4, -0.2) is 42.9 Å². The van der Waals surface area contributed by atoms with E-state index in [0.717, 1.165) is 4.90 Å². The van der Waals surface area contributed by atoms with E-state index in [-0.39, 0.29) is 11.9 Å². The Kier molecular flexibility index (Phi) is 2.75. The average molecular weight is 234 g/mol. The van der Waals surface area contributed by atoms with Crippen LogP contribution in [0.15, 0.2) is 24.3 Å². The zero-order chi connectivity index (χ0) is 12.6. The molecule has 0 aliphatic carbocycles. The number of urea groups is 1. The lowest BCUT2D eigenvalue weighted by atomic mass is 10.1. The molecule has 0 saturated carbocycles. The number of rotatable bonds is 2. The van der Waals surface area contributed by atoms with Crippen molar-refractivity contribution in [2.75, 3.05) is 21.2 Å². The summed E-state index contributed by atoms with van der Waals surface area (Å²) < 4.78 is 5.22. The van der Waals surface area contributed by atoms with Crippen molar-refractivity contribution < 1.29 is 14.3 Å². The van der Waals surface area contributed by atoms with Crippen LogP contribution in [0.1, 0.15) is 11.6 Å². The maximum Gasteiger partial charge on any atom is 0.327 e. The molecule has 1 unspecified atom stereocenters. The number of methoxy groups -OCH3 is 1. The van der Waals surface area contributed by atoms with Crippen LogP contribution in [0, 0.1) is 0 Å². The molecule has 1 aliphatic rings. The van der Waals surface area contributed by atoms with E-state index in [0.29, 0.717) is 11.3 Å². The van der Waals surface area contributed by atoms with Crippen LogP contribution in [0.25, 0.3) is 0 Å². The summed E-state index contributed by atoms with van der Waals surface area (Å²) in [7, 11) is 4.64. The summed E-state index contributed by atoms with van der Waals surface area (Å²) in [6.07, 6.45) is 0. The van der Waals surface area contributed by atoms with Gasteiger partial charge in [0.15, 0.2) is 0 Å². The number of benzene rings is 1. The lowest BCUT2D eigenvalue weighted by molar-refractivity contribution is -0.127. The number of carbonyl (C=O) groups is 2. The molecule has 2 rings (SSSR count). The Hall–Kier alpha value is -2.04. The quantitative estimate of drug-likeness (QED) is 0.724. The first-order valence-corrected chi connectivity index (χ1v) is 5.25. The fraction of sp³-hybridized carbons (Fsp3) is 0.333. The molecule has 0 spiro atoms. The van der Waals surface area contributed by atoms with Gasteiger partial charge in [0, 0.05) is 19.7 Å². The predicted octanol–water partition coefficient (Wildman–Crippen LogP) is 1.26. The van der Waals surface area contributed by atoms with Crippen molar-refractivity contribution in [1.29, 1.82) is 0 Å². The molecule has 1 atom stereocenters. The summed E-state index contributed by atoms with van der Waals surface area (Å²) in [6, 6.07) is 6.33. The third kappa shape index (κ3) is 1.63. The molecule has 1 fully saturated rings. The summed E-state index contributed by atoms with van der Waals surface area (Å²) in [5.74, 6) is 0.378. The van der Waals surface area contributed by atoms with E-state index in [1.165, 1.54) is 11.9 Å². The summed E-state index contributed by atoms with van der Waals surface area (Å²) in [4.78, 5) is 26.2. The first-order valence-electron chi connectivity index (χ1n) is 5.25. The molecule has 0 N–H and O–H groups in total. The number of ether oxygens (including phenoxy) is 1. The minimum Gasteiger partial charge on any atom is -0.496 e. The third-order valence-corrected chi connectivity index (χ3v) is 2.97. The highest BCUT2D eigenvalue weighted by molar-refractivity contribution is 6.04. The van der Waals surface area contributed by atoms with Crippen LogP contribution in [-0.2, 0) is 4.79 Å². The standard InChI is InChI=1S/C12H14N2O3/c1-13-10(11(15)14(2)12(13)16)8-6-4-5-7-9(8)17-3/h4-7,10H,1-3H3. The van der Waals surface area contributed by atoms with Crippen molar-refractivity contribution in [3.8, 4) is 5.75 Å². The molecule has 17 heavy (non-hydrogen) atoms. The van der Waals surface area contributed by atoms with Crippen molar-refractivity contribution in [2.45, 2.75) is 6.04 Å². The molecule has 1 aromatic carbocycles. The van der Waals surface area contributed by atoms with Gasteiger partial charge in [-0.3, -0.25) is 9.69 Å². The monoisotopic (exact) mass is 234 g/mol. The Morgan fingerprint density at radius 1 is 1.18 bits per heavy atom. The molecule has 1 aliphatic heterocycles. The van der Waals surface area contributed by atoms with Gasteiger partial charge in [0.1, 0.15) is 11.8 Å². The van der Waals surface area contributed by atoms with Crippen molar-refractivity contribution in [2.24, 2.45) is 0 Å². The molecular formula is C12H14N2O3. The van der Waals surface area contributed by atoms with Crippen LogP contribution >= 0.6 is 0 Å². The van der Waals surface area contributed by atoms with Gasteiger partial charge in [0.05, 0.1) is 7.11 Å². The van der Waals surface area contributed by atoms with Crippen LogP contribution in [0.3, 0.4) is 0 Å². The van der Waals surface area contributed by atoms with Gasteiger partial charge in [0.25, 0.3) is 5.91 Å². The van der Waals surface area contributed by atoms with Crippen LogP contribution in [0.5, 0.6) is 5.75 Å². The number of hydrogen-bond donors (Lipinski definition) is 0. The minimum atomic E-state index is -0.594. The Balaban J connectivity index is 2.47. The topological polar surface area (TPSA) is 49.9 Å². The normalized spacial score (nSPS) is 20.1. The SMILES string of the molecule is COc1ccccc1C1C(=O)N(C)C(=O)N1C. The van der Waals surface area contributed by atoms with Crippen LogP contribution in [0.2, 0.25) is 0 Å². The highest BCUT2D eigenvalue weighted by Gasteiger charge is 2.42. The molecule has 5 heteroatoms. The van der Waals surface area contributed by atoms with Crippen molar-refractivity contribution in [3.63, 3.8) is 0 Å². The summed E-state index contributed by atoms with van der Waals surface area (Å²) in [5, 5.41) is 0. The first kappa shape index (κ1) is 11.4. The molecule has 3 amide bonds. The fourth-order valence-corrected chi connectivity index (χ4v) is 2.02. The third-order valence-electron chi connectivity index (χ3n) is 2.97. The molecule has 1 saturated heterocycles. The highest BCUT2D eigenvalue weighted by atomic mass is 16.5. The maximum absolute atomic E-state index is 12.0. The number of carbonyl (C=O) groups excluding carboxylic acids is 2. The second-order valence-corrected chi connectivity index (χ2v) is 3.94. The Bertz CT molecular complexity index is 473. The van der Waals surface area contributed by atoms with Gasteiger partial charge in [0.2, 0.25) is 0 Å². The zero-order valence-electron chi connectivity index (χ0n) is 10.0. The average Bonchev–Trinajstić information content (AvgIpc) is 2.54. The second-order valence-electron chi connectivity index (χ2n) is 3.94. The van der Waals surface area contributed by atoms with Gasteiger partial charge in [-0.25, -0.2) is 4.79 Å². The highest BCUT2D eigenvalue weighted by Crippen LogP contribution is 2.33. The van der Waals surface area contributed by atoms with E-state index >= 15 is 0 Å². The number of likely N-dealkylation sites (N-methyl/N-ethyl adjacent to an activating group) is 2. The van der Waals surface area contributed by atoms with Crippen molar-refractivity contribution in [3.05, 3.63) is 29.8 Å². The second kappa shape index (κ2) is 4.08. The Morgan fingerprint density at radius 2 is 1.82 bits per heavy atom. The van der Waals surface area contributed by atoms with E-state index < -0.39 is 6.04 Å². The first-order chi connectivity index (χ1) is 8.07. The lowest BCUT2D eigenvalue weighted by Crippen LogP contribution is -2.27. The molecule has 1 aromatic rings. The number of amides is 3. The predicted molar refractivity (Wildman–Crippen MR) is 61.7 cm³/mol. The molecule has 1 heterocycles. The Labute approximate surface area is 99.6 Å². The van der Waals surface area contributed by atoms with Crippen LogP contribution in [0.4, 0.5) is 4.79 Å². The molecule has 0 bridgehead atoms. The molecule has 90 valence electrons. The smallest absolute Gasteiger partial charge is 0.327 e. The summed E-state index contributed by atoms with van der Waals surface area (Å²) in [6.45, 7) is 0. The van der Waals surface area contributed by atoms with Gasteiger partial charge in [-0.2, -0.15) is 0 Å². The van der Waals surface area contributed by atoms with Gasteiger partial charge in [-0.05, 0) is 6.07 Å². The molecule has 0 radical (unpaired) electrons. The molecular weight excluding hydrogens is 220 g/mol. The fourth-order valence-electron chi connectivity index (χ4n) is 2.02. The van der Waals surface area contributed by atoms with E-state index in [2.05, 4.69) is 0 Å². The Morgan fingerprint density at radius 3 is 2.35 bits per heavy atom.